The van der Waals surface area contributed by atoms with Crippen molar-refractivity contribution in [2.45, 2.75) is 156 Å². The van der Waals surface area contributed by atoms with Gasteiger partial charge in [-0.05, 0) is 68.4 Å². The molecular formula is C48H73N5O11. The summed E-state index contributed by atoms with van der Waals surface area (Å²) in [6.07, 6.45) is -4.41. The zero-order chi connectivity index (χ0) is 47.7. The van der Waals surface area contributed by atoms with Crippen LogP contribution < -0.4 is 26.6 Å². The van der Waals surface area contributed by atoms with Crippen LogP contribution in [0.1, 0.15) is 100 Å². The lowest BCUT2D eigenvalue weighted by molar-refractivity contribution is -0.147. The van der Waals surface area contributed by atoms with Gasteiger partial charge in [-0.25, -0.2) is 9.59 Å². The number of amides is 5. The molecule has 2 aromatic carbocycles. The Morgan fingerprint density at radius 3 is 1.55 bits per heavy atom. The molecule has 1 saturated heterocycles. The van der Waals surface area contributed by atoms with Crippen LogP contribution in [-0.4, -0.2) is 104 Å². The van der Waals surface area contributed by atoms with E-state index >= 15 is 0 Å². The van der Waals surface area contributed by atoms with E-state index in [1.54, 1.807) is 48.5 Å². The number of alkyl carbamates (subject to hydrolysis) is 1. The lowest BCUT2D eigenvalue weighted by Crippen LogP contribution is -2.57. The summed E-state index contributed by atoms with van der Waals surface area (Å²) in [7, 11) is 1.24. The van der Waals surface area contributed by atoms with Gasteiger partial charge >= 0.3 is 12.1 Å². The molecule has 1 aliphatic rings. The van der Waals surface area contributed by atoms with Gasteiger partial charge in [-0.2, -0.15) is 0 Å². The highest BCUT2D eigenvalue weighted by Gasteiger charge is 2.50. The molecular weight excluding hydrogens is 823 g/mol. The first kappa shape index (κ1) is 53.3. The summed E-state index contributed by atoms with van der Waals surface area (Å²) in [4.78, 5) is 81.3. The maximum atomic E-state index is 14.5. The topological polar surface area (TPSA) is 209 Å². The van der Waals surface area contributed by atoms with E-state index in [0.29, 0.717) is 6.42 Å². The number of hydrogen-bond acceptors (Lipinski definition) is 11. The van der Waals surface area contributed by atoms with Crippen LogP contribution in [0.5, 0.6) is 0 Å². The standard InChI is InChI=1S/C48H73N5O11/c1-28(2)23-34(42(54)53-38(31(7)8)46(58)60-12)50-45(57)41-40(62-27-33-21-17-14-18-22-33)39(61-26-32-19-15-13-16-20-32)36(63-41)25-49-44(56)37(30(5)6)52-43(55)35(24-29(3)4)51-47(59)64-48(9,10)11/h13-22,28-31,34-41H,23-27H2,1-12H3,(H,49,56)(H,50,57)(H,51,59)(H,52,55)(H,53,54)/t34-,35-,36+,37-,38-,39+,40-,41+/m0/s1. The van der Waals surface area contributed by atoms with Gasteiger partial charge in [0.1, 0.15) is 48.1 Å². The minimum atomic E-state index is -1.31. The fourth-order valence-corrected chi connectivity index (χ4v) is 7.11. The van der Waals surface area contributed by atoms with Crippen molar-refractivity contribution in [2.75, 3.05) is 13.7 Å². The van der Waals surface area contributed by atoms with Gasteiger partial charge < -0.3 is 50.3 Å². The van der Waals surface area contributed by atoms with Gasteiger partial charge in [0.05, 0.1) is 20.3 Å². The Morgan fingerprint density at radius 2 is 1.09 bits per heavy atom. The molecule has 0 spiro atoms. The van der Waals surface area contributed by atoms with Crippen molar-refractivity contribution in [3.63, 3.8) is 0 Å². The smallest absolute Gasteiger partial charge is 0.408 e. The molecule has 0 unspecified atom stereocenters. The Balaban J connectivity index is 1.95. The lowest BCUT2D eigenvalue weighted by atomic mass is 9.99. The van der Waals surface area contributed by atoms with Crippen molar-refractivity contribution in [3.05, 3.63) is 71.8 Å². The second-order valence-electron chi connectivity index (χ2n) is 18.9. The van der Waals surface area contributed by atoms with E-state index in [4.69, 9.17) is 23.7 Å². The minimum absolute atomic E-state index is 0.0263. The number of methoxy groups -OCH3 is 1. The van der Waals surface area contributed by atoms with Gasteiger partial charge in [0, 0.05) is 6.54 Å². The van der Waals surface area contributed by atoms with Crippen LogP contribution in [0.25, 0.3) is 0 Å². The Bertz CT molecular complexity index is 1800. The van der Waals surface area contributed by atoms with Crippen molar-refractivity contribution < 1.29 is 52.5 Å². The Hall–Kier alpha value is -5.06. The van der Waals surface area contributed by atoms with Crippen molar-refractivity contribution in [2.24, 2.45) is 23.7 Å². The predicted molar refractivity (Wildman–Crippen MR) is 241 cm³/mol. The largest absolute Gasteiger partial charge is 0.467 e. The number of rotatable bonds is 23. The summed E-state index contributed by atoms with van der Waals surface area (Å²) in [6.45, 7) is 20.0. The molecule has 1 heterocycles. The summed E-state index contributed by atoms with van der Waals surface area (Å²) in [6, 6.07) is 14.8. The molecule has 64 heavy (non-hydrogen) atoms. The highest BCUT2D eigenvalue weighted by Crippen LogP contribution is 2.29. The van der Waals surface area contributed by atoms with Crippen molar-refractivity contribution in [1.29, 1.82) is 0 Å². The molecule has 16 heteroatoms. The van der Waals surface area contributed by atoms with Gasteiger partial charge in [-0.15, -0.1) is 0 Å². The van der Waals surface area contributed by atoms with Gasteiger partial charge in [0.2, 0.25) is 17.7 Å². The first-order valence-electron chi connectivity index (χ1n) is 22.3. The molecule has 3 rings (SSSR count). The van der Waals surface area contributed by atoms with Crippen molar-refractivity contribution >= 4 is 35.7 Å². The predicted octanol–water partition coefficient (Wildman–Crippen LogP) is 4.97. The number of carbonyl (C=O) groups is 6. The van der Waals surface area contributed by atoms with E-state index in [9.17, 15) is 28.8 Å². The molecule has 0 aliphatic carbocycles. The molecule has 1 fully saturated rings. The molecule has 16 nitrogen and oxygen atoms in total. The molecule has 5 N–H and O–H groups in total. The zero-order valence-corrected chi connectivity index (χ0v) is 39.7. The fraction of sp³-hybridized carbons (Fsp3) is 0.625. The Labute approximate surface area is 379 Å². The summed E-state index contributed by atoms with van der Waals surface area (Å²) in [5.74, 6) is -3.58. The van der Waals surface area contributed by atoms with Gasteiger partial charge in [-0.3, -0.25) is 19.2 Å². The third kappa shape index (κ3) is 17.5. The average Bonchev–Trinajstić information content (AvgIpc) is 3.57. The highest BCUT2D eigenvalue weighted by atomic mass is 16.6. The molecule has 2 aromatic rings. The second-order valence-corrected chi connectivity index (χ2v) is 18.9. The Morgan fingerprint density at radius 1 is 0.625 bits per heavy atom. The van der Waals surface area contributed by atoms with Gasteiger partial charge in [0.15, 0.2) is 6.10 Å². The monoisotopic (exact) mass is 896 g/mol. The number of benzene rings is 2. The summed E-state index contributed by atoms with van der Waals surface area (Å²) in [5, 5.41) is 14.0. The lowest BCUT2D eigenvalue weighted by Gasteiger charge is -2.28. The second kappa shape index (κ2) is 25.4. The van der Waals surface area contributed by atoms with Crippen LogP contribution in [0.4, 0.5) is 4.79 Å². The van der Waals surface area contributed by atoms with Crippen LogP contribution in [0, 0.1) is 23.7 Å². The minimum Gasteiger partial charge on any atom is -0.467 e. The van der Waals surface area contributed by atoms with Crippen LogP contribution in [0.15, 0.2) is 60.7 Å². The summed E-state index contributed by atoms with van der Waals surface area (Å²) in [5.41, 5.74) is 0.886. The molecule has 1 aliphatic heterocycles. The Kier molecular flexibility index (Phi) is 21.2. The molecule has 0 saturated carbocycles. The quantitative estimate of drug-likeness (QED) is 0.0942. The molecule has 0 radical (unpaired) electrons. The van der Waals surface area contributed by atoms with E-state index in [-0.39, 0.29) is 49.9 Å². The number of ether oxygens (including phenoxy) is 5. The van der Waals surface area contributed by atoms with Gasteiger partial charge in [-0.1, -0.05) is 116 Å². The van der Waals surface area contributed by atoms with E-state index in [0.717, 1.165) is 11.1 Å². The van der Waals surface area contributed by atoms with E-state index in [1.165, 1.54) is 7.11 Å². The van der Waals surface area contributed by atoms with E-state index in [1.807, 2.05) is 88.4 Å². The maximum Gasteiger partial charge on any atom is 0.408 e. The molecule has 0 bridgehead atoms. The van der Waals surface area contributed by atoms with E-state index < -0.39 is 89.9 Å². The first-order valence-corrected chi connectivity index (χ1v) is 22.3. The van der Waals surface area contributed by atoms with Crippen molar-refractivity contribution in [1.82, 2.24) is 26.6 Å². The van der Waals surface area contributed by atoms with Crippen LogP contribution in [0.2, 0.25) is 0 Å². The first-order chi connectivity index (χ1) is 30.1. The molecule has 0 aromatic heterocycles. The van der Waals surface area contributed by atoms with Crippen LogP contribution in [0.3, 0.4) is 0 Å². The normalized spacial score (nSPS) is 19.4. The zero-order valence-electron chi connectivity index (χ0n) is 39.7. The number of hydrogen-bond donors (Lipinski definition) is 5. The summed E-state index contributed by atoms with van der Waals surface area (Å²) < 4.78 is 29.9. The van der Waals surface area contributed by atoms with Crippen molar-refractivity contribution in [3.8, 4) is 0 Å². The summed E-state index contributed by atoms with van der Waals surface area (Å²) >= 11 is 0. The molecule has 5 amide bonds. The highest BCUT2D eigenvalue weighted by molar-refractivity contribution is 5.93. The van der Waals surface area contributed by atoms with Crippen LogP contribution >= 0.6 is 0 Å². The molecule has 356 valence electrons. The maximum absolute atomic E-state index is 14.5. The third-order valence-corrected chi connectivity index (χ3v) is 10.3. The van der Waals surface area contributed by atoms with Gasteiger partial charge in [0.25, 0.3) is 5.91 Å². The van der Waals surface area contributed by atoms with Crippen LogP contribution in [-0.2, 0) is 60.9 Å². The number of nitrogens with one attached hydrogen (secondary N) is 5. The van der Waals surface area contributed by atoms with E-state index in [2.05, 4.69) is 26.6 Å². The number of esters is 1. The number of carbonyl (C=O) groups excluding carboxylic acids is 6. The SMILES string of the molecule is COC(=O)[C@@H](NC(=O)[C@H](CC(C)C)NC(=O)[C@@H]1O[C@H](CNC(=O)[C@@H](NC(=O)[C@H](CC(C)C)NC(=O)OC(C)(C)C)C(C)C)[C@@H](OCc2ccccc2)[C@@H]1OCc1ccccc1)C(C)C. The average molecular weight is 896 g/mol. The third-order valence-electron chi connectivity index (χ3n) is 10.3. The fourth-order valence-electron chi connectivity index (χ4n) is 7.11. The molecule has 8 atom stereocenters.